The van der Waals surface area contributed by atoms with Gasteiger partial charge in [0.25, 0.3) is 0 Å². The van der Waals surface area contributed by atoms with Gasteiger partial charge in [0.2, 0.25) is 5.91 Å². The number of hydrogen-bond donors (Lipinski definition) is 1. The average molecular weight is 130 g/mol. The lowest BCUT2D eigenvalue weighted by molar-refractivity contribution is -0.123. The van der Waals surface area contributed by atoms with Crippen molar-refractivity contribution in [2.75, 3.05) is 0 Å². The Morgan fingerprint density at radius 2 is 2.22 bits per heavy atom. The molecule has 1 atom stereocenters. The van der Waals surface area contributed by atoms with Crippen LogP contribution in [0.3, 0.4) is 0 Å². The summed E-state index contributed by atoms with van der Waals surface area (Å²) in [5.74, 6) is -0.247. The minimum Gasteiger partial charge on any atom is -0.328 e. The van der Waals surface area contributed by atoms with Crippen LogP contribution in [-0.4, -0.2) is 12.1 Å². The maximum absolute atomic E-state index is 10.6. The zero-order valence-electron chi connectivity index (χ0n) is 5.81. The Balaban J connectivity index is 3.26. The Hall–Kier alpha value is -0.570. The normalized spacial score (nSPS) is 12.8. The highest BCUT2D eigenvalue weighted by molar-refractivity contribution is 5.72. The van der Waals surface area contributed by atoms with Crippen LogP contribution in [0.4, 0.5) is 0 Å². The van der Waals surface area contributed by atoms with Crippen molar-refractivity contribution in [3.05, 3.63) is 0 Å². The van der Waals surface area contributed by atoms with Gasteiger partial charge in [0, 0.05) is 6.92 Å². The molecule has 53 valence electrons. The van der Waals surface area contributed by atoms with E-state index in [1.165, 1.54) is 6.92 Å². The quantitative estimate of drug-likeness (QED) is 0.561. The van der Waals surface area contributed by atoms with Crippen LogP contribution in [0.15, 0.2) is 0 Å². The molecular weight excluding hydrogens is 118 g/mol. The smallest absolute Gasteiger partial charge is 0.218 e. The Kier molecular flexibility index (Phi) is 4.05. The summed E-state index contributed by atoms with van der Waals surface area (Å²) in [6.45, 7) is 3.26. The number of rotatable bonds is 3. The predicted octanol–water partition coefficient (Wildman–Crippen LogP) is 0.679. The van der Waals surface area contributed by atoms with Crippen molar-refractivity contribution in [2.24, 2.45) is 0 Å². The minimum absolute atomic E-state index is 0.247. The van der Waals surface area contributed by atoms with Crippen LogP contribution in [0, 0.1) is 0 Å². The van der Waals surface area contributed by atoms with E-state index in [-0.39, 0.29) is 5.91 Å². The lowest BCUT2D eigenvalue weighted by Crippen LogP contribution is -2.31. The van der Waals surface area contributed by atoms with Gasteiger partial charge in [0.1, 0.15) is 0 Å². The van der Waals surface area contributed by atoms with Crippen LogP contribution in [0.25, 0.3) is 0 Å². The van der Waals surface area contributed by atoms with E-state index in [9.17, 15) is 9.90 Å². The number of carbonyl (C=O) groups excluding carboxylic acids is 1. The van der Waals surface area contributed by atoms with E-state index >= 15 is 0 Å². The standard InChI is InChI=1S/C6H12NO2/c1-3-4-6(9)7-5(2)8/h6H,3-4H2,1-2H3,(H,7,8). The van der Waals surface area contributed by atoms with E-state index in [2.05, 4.69) is 5.32 Å². The molecule has 0 aliphatic heterocycles. The maximum Gasteiger partial charge on any atom is 0.218 e. The van der Waals surface area contributed by atoms with E-state index < -0.39 is 6.23 Å². The monoisotopic (exact) mass is 130 g/mol. The summed E-state index contributed by atoms with van der Waals surface area (Å²) in [6, 6.07) is 0. The molecule has 0 heterocycles. The van der Waals surface area contributed by atoms with Crippen molar-refractivity contribution in [3.63, 3.8) is 0 Å². The number of carbonyl (C=O) groups is 1. The highest BCUT2D eigenvalue weighted by Gasteiger charge is 2.03. The summed E-state index contributed by atoms with van der Waals surface area (Å²) >= 11 is 0. The van der Waals surface area contributed by atoms with Crippen LogP contribution < -0.4 is 5.32 Å². The molecule has 3 heteroatoms. The zero-order chi connectivity index (χ0) is 7.28. The van der Waals surface area contributed by atoms with Gasteiger partial charge in [-0.1, -0.05) is 13.3 Å². The maximum atomic E-state index is 10.6. The molecular formula is C6H12NO2. The lowest BCUT2D eigenvalue weighted by Gasteiger charge is -2.05. The third-order valence-corrected chi connectivity index (χ3v) is 0.915. The topological polar surface area (TPSA) is 49.0 Å². The Bertz CT molecular complexity index is 93.1. The van der Waals surface area contributed by atoms with Crippen molar-refractivity contribution >= 4 is 5.91 Å². The molecule has 3 nitrogen and oxygen atoms in total. The van der Waals surface area contributed by atoms with Gasteiger partial charge < -0.3 is 5.32 Å². The second-order valence-electron chi connectivity index (χ2n) is 1.98. The van der Waals surface area contributed by atoms with Crippen molar-refractivity contribution in [1.29, 1.82) is 0 Å². The largest absolute Gasteiger partial charge is 0.328 e. The van der Waals surface area contributed by atoms with Gasteiger partial charge >= 0.3 is 0 Å². The molecule has 0 rings (SSSR count). The summed E-state index contributed by atoms with van der Waals surface area (Å²) in [7, 11) is 0. The molecule has 1 unspecified atom stereocenters. The molecule has 0 bridgehead atoms. The second kappa shape index (κ2) is 4.32. The summed E-state index contributed by atoms with van der Waals surface area (Å²) in [5.41, 5.74) is 0. The molecule has 0 aromatic heterocycles. The molecule has 0 aromatic carbocycles. The molecule has 0 aromatic rings. The van der Waals surface area contributed by atoms with Crippen molar-refractivity contribution in [3.8, 4) is 0 Å². The molecule has 0 fully saturated rings. The first-order valence-corrected chi connectivity index (χ1v) is 3.09. The van der Waals surface area contributed by atoms with Crippen LogP contribution in [0.5, 0.6) is 0 Å². The molecule has 1 amide bonds. The summed E-state index contributed by atoms with van der Waals surface area (Å²) in [4.78, 5) is 10.2. The summed E-state index contributed by atoms with van der Waals surface area (Å²) in [6.07, 6.45) is 0.418. The van der Waals surface area contributed by atoms with E-state index in [1.807, 2.05) is 6.92 Å². The SMILES string of the molecule is CCCC([O])NC(C)=O. The first-order valence-electron chi connectivity index (χ1n) is 3.09. The van der Waals surface area contributed by atoms with Gasteiger partial charge in [-0.3, -0.25) is 4.79 Å². The first-order chi connectivity index (χ1) is 4.16. The fraction of sp³-hybridized carbons (Fsp3) is 0.833. The molecule has 0 aliphatic carbocycles. The zero-order valence-corrected chi connectivity index (χ0v) is 5.81. The van der Waals surface area contributed by atoms with Gasteiger partial charge in [-0.2, -0.15) is 0 Å². The number of hydrogen-bond acceptors (Lipinski definition) is 1. The molecule has 1 N–H and O–H groups in total. The Morgan fingerprint density at radius 1 is 1.67 bits per heavy atom. The molecule has 0 aliphatic rings. The highest BCUT2D eigenvalue weighted by Crippen LogP contribution is 1.91. The Morgan fingerprint density at radius 3 is 2.56 bits per heavy atom. The van der Waals surface area contributed by atoms with Crippen molar-refractivity contribution in [1.82, 2.24) is 5.32 Å². The van der Waals surface area contributed by atoms with Crippen LogP contribution in [-0.2, 0) is 9.90 Å². The van der Waals surface area contributed by atoms with Crippen LogP contribution in [0.2, 0.25) is 0 Å². The number of amides is 1. The van der Waals surface area contributed by atoms with Crippen LogP contribution >= 0.6 is 0 Å². The van der Waals surface area contributed by atoms with Gasteiger partial charge in [-0.25, -0.2) is 5.11 Å². The third-order valence-electron chi connectivity index (χ3n) is 0.915. The van der Waals surface area contributed by atoms with Gasteiger partial charge in [0.15, 0.2) is 6.23 Å². The van der Waals surface area contributed by atoms with Gasteiger partial charge in [-0.15, -0.1) is 0 Å². The number of nitrogens with one attached hydrogen (secondary N) is 1. The van der Waals surface area contributed by atoms with Gasteiger partial charge in [-0.05, 0) is 6.42 Å². The fourth-order valence-corrected chi connectivity index (χ4v) is 0.561. The van der Waals surface area contributed by atoms with Crippen LogP contribution in [0.1, 0.15) is 26.7 Å². The molecule has 9 heavy (non-hydrogen) atoms. The third kappa shape index (κ3) is 5.30. The predicted molar refractivity (Wildman–Crippen MR) is 33.2 cm³/mol. The van der Waals surface area contributed by atoms with Gasteiger partial charge in [0.05, 0.1) is 0 Å². The van der Waals surface area contributed by atoms with E-state index in [1.54, 1.807) is 0 Å². The highest BCUT2D eigenvalue weighted by atomic mass is 16.3. The summed E-state index contributed by atoms with van der Waals surface area (Å²) in [5, 5.41) is 12.9. The van der Waals surface area contributed by atoms with Crippen molar-refractivity contribution < 1.29 is 9.90 Å². The van der Waals surface area contributed by atoms with E-state index in [0.717, 1.165) is 6.42 Å². The first kappa shape index (κ1) is 8.43. The second-order valence-corrected chi connectivity index (χ2v) is 1.98. The molecule has 0 spiro atoms. The van der Waals surface area contributed by atoms with E-state index in [4.69, 9.17) is 0 Å². The van der Waals surface area contributed by atoms with Crippen molar-refractivity contribution in [2.45, 2.75) is 32.9 Å². The van der Waals surface area contributed by atoms with E-state index in [0.29, 0.717) is 6.42 Å². The fourth-order valence-electron chi connectivity index (χ4n) is 0.561. The molecule has 1 radical (unpaired) electrons. The minimum atomic E-state index is -0.910. The average Bonchev–Trinajstić information content (AvgIpc) is 1.63. The molecule has 0 saturated carbocycles. The summed E-state index contributed by atoms with van der Waals surface area (Å²) < 4.78 is 0. The Labute approximate surface area is 55.1 Å². The lowest BCUT2D eigenvalue weighted by atomic mass is 10.3. The molecule has 0 saturated heterocycles.